The largest absolute Gasteiger partial charge is 0.504 e. The molecule has 0 aliphatic carbocycles. The van der Waals surface area contributed by atoms with Gasteiger partial charge >= 0.3 is 0 Å². The van der Waals surface area contributed by atoms with Gasteiger partial charge in [0.25, 0.3) is 0 Å². The molecule has 0 saturated carbocycles. The topological polar surface area (TPSA) is 29.5 Å². The molecule has 10 heavy (non-hydrogen) atoms. The molecule has 52 valence electrons. The van der Waals surface area contributed by atoms with Crippen LogP contribution in [-0.4, -0.2) is 12.2 Å². The van der Waals surface area contributed by atoms with E-state index in [1.165, 1.54) is 7.11 Å². The SMILES string of the molecule is COc1ccccc1O.[Zr]. The van der Waals surface area contributed by atoms with Crippen LogP contribution in [0.1, 0.15) is 0 Å². The van der Waals surface area contributed by atoms with Crippen LogP contribution in [0.5, 0.6) is 11.5 Å². The standard InChI is InChI=1S/C7H8O2.Zr/c1-9-7-5-3-2-4-6(7)8;/h2-5,8H,1H3;. The first-order valence-electron chi connectivity index (χ1n) is 2.66. The summed E-state index contributed by atoms with van der Waals surface area (Å²) in [5, 5.41) is 8.99. The van der Waals surface area contributed by atoms with Gasteiger partial charge in [-0.1, -0.05) is 12.1 Å². The number of para-hydroxylation sites is 2. The molecule has 0 atom stereocenters. The zero-order valence-corrected chi connectivity index (χ0v) is 8.12. The molecule has 1 rings (SSSR count). The molecule has 2 nitrogen and oxygen atoms in total. The van der Waals surface area contributed by atoms with Gasteiger partial charge in [-0.3, -0.25) is 0 Å². The summed E-state index contributed by atoms with van der Waals surface area (Å²) >= 11 is 0. The third-order valence-electron chi connectivity index (χ3n) is 1.09. The number of rotatable bonds is 1. The molecular weight excluding hydrogens is 207 g/mol. The second-order valence-electron chi connectivity index (χ2n) is 1.67. The fraction of sp³-hybridized carbons (Fsp3) is 0.143. The molecule has 0 bridgehead atoms. The molecule has 0 saturated heterocycles. The van der Waals surface area contributed by atoms with Crippen molar-refractivity contribution in [1.82, 2.24) is 0 Å². The first-order valence-corrected chi connectivity index (χ1v) is 2.66. The van der Waals surface area contributed by atoms with Crippen LogP contribution >= 0.6 is 0 Å². The molecule has 0 spiro atoms. The molecule has 0 aliphatic rings. The van der Waals surface area contributed by atoms with Crippen LogP contribution in [0, 0.1) is 0 Å². The maximum atomic E-state index is 8.99. The third kappa shape index (κ3) is 2.14. The van der Waals surface area contributed by atoms with Gasteiger partial charge in [0, 0.05) is 26.2 Å². The Labute approximate surface area is 79.0 Å². The summed E-state index contributed by atoms with van der Waals surface area (Å²) in [5.74, 6) is 0.692. The molecular formula is C7H8O2Zr. The van der Waals surface area contributed by atoms with Crippen LogP contribution in [0.4, 0.5) is 0 Å². The predicted molar refractivity (Wildman–Crippen MR) is 34.7 cm³/mol. The van der Waals surface area contributed by atoms with E-state index < -0.39 is 0 Å². The van der Waals surface area contributed by atoms with Crippen LogP contribution in [0.15, 0.2) is 24.3 Å². The van der Waals surface area contributed by atoms with Crippen molar-refractivity contribution in [2.45, 2.75) is 0 Å². The van der Waals surface area contributed by atoms with E-state index in [-0.39, 0.29) is 32.0 Å². The fourth-order valence-corrected chi connectivity index (χ4v) is 0.630. The van der Waals surface area contributed by atoms with Gasteiger partial charge in [-0.15, -0.1) is 0 Å². The number of hydrogen-bond donors (Lipinski definition) is 1. The van der Waals surface area contributed by atoms with Crippen molar-refractivity contribution in [2.24, 2.45) is 0 Å². The van der Waals surface area contributed by atoms with Crippen molar-refractivity contribution in [1.29, 1.82) is 0 Å². The molecule has 0 amide bonds. The summed E-state index contributed by atoms with van der Waals surface area (Å²) < 4.78 is 4.79. The number of phenols is 1. The second kappa shape index (κ2) is 4.51. The van der Waals surface area contributed by atoms with Gasteiger partial charge in [0.05, 0.1) is 7.11 Å². The molecule has 0 heterocycles. The molecule has 0 fully saturated rings. The summed E-state index contributed by atoms with van der Waals surface area (Å²) in [7, 11) is 1.52. The molecule has 0 aromatic heterocycles. The minimum atomic E-state index is 0. The summed E-state index contributed by atoms with van der Waals surface area (Å²) in [5.41, 5.74) is 0. The van der Waals surface area contributed by atoms with E-state index in [0.717, 1.165) is 0 Å². The van der Waals surface area contributed by atoms with Crippen LogP contribution < -0.4 is 4.74 Å². The Kier molecular flexibility index (Phi) is 4.37. The monoisotopic (exact) mass is 214 g/mol. The number of benzene rings is 1. The Morgan fingerprint density at radius 2 is 1.90 bits per heavy atom. The van der Waals surface area contributed by atoms with Gasteiger partial charge in [-0.05, 0) is 12.1 Å². The average Bonchev–Trinajstić information content (AvgIpc) is 1.89. The molecule has 0 unspecified atom stereocenters. The summed E-state index contributed by atoms with van der Waals surface area (Å²) in [6, 6.07) is 6.84. The van der Waals surface area contributed by atoms with Gasteiger partial charge in [-0.25, -0.2) is 0 Å². The molecule has 1 N–H and O–H groups in total. The predicted octanol–water partition coefficient (Wildman–Crippen LogP) is 1.40. The van der Waals surface area contributed by atoms with E-state index in [2.05, 4.69) is 0 Å². The average molecular weight is 215 g/mol. The minimum Gasteiger partial charge on any atom is -0.504 e. The Morgan fingerprint density at radius 3 is 2.30 bits per heavy atom. The van der Waals surface area contributed by atoms with E-state index in [1.54, 1.807) is 24.3 Å². The Balaban J connectivity index is 0.000000810. The summed E-state index contributed by atoms with van der Waals surface area (Å²) in [6.45, 7) is 0. The minimum absolute atomic E-state index is 0. The fourth-order valence-electron chi connectivity index (χ4n) is 0.630. The van der Waals surface area contributed by atoms with Crippen molar-refractivity contribution in [3.05, 3.63) is 24.3 Å². The van der Waals surface area contributed by atoms with Gasteiger partial charge in [0.1, 0.15) is 0 Å². The van der Waals surface area contributed by atoms with Gasteiger partial charge in [0.2, 0.25) is 0 Å². The van der Waals surface area contributed by atoms with Crippen LogP contribution in [0.3, 0.4) is 0 Å². The van der Waals surface area contributed by atoms with E-state index in [0.29, 0.717) is 5.75 Å². The maximum absolute atomic E-state index is 8.99. The van der Waals surface area contributed by atoms with Gasteiger partial charge in [-0.2, -0.15) is 0 Å². The molecule has 0 aliphatic heterocycles. The normalized spacial score (nSPS) is 8.10. The number of ether oxygens (including phenoxy) is 1. The Morgan fingerprint density at radius 1 is 1.30 bits per heavy atom. The van der Waals surface area contributed by atoms with E-state index in [4.69, 9.17) is 9.84 Å². The third-order valence-corrected chi connectivity index (χ3v) is 1.09. The smallest absolute Gasteiger partial charge is 0.160 e. The molecule has 0 radical (unpaired) electrons. The quantitative estimate of drug-likeness (QED) is 0.767. The maximum Gasteiger partial charge on any atom is 0.160 e. The molecule has 1 aromatic rings. The zero-order valence-electron chi connectivity index (χ0n) is 5.66. The van der Waals surface area contributed by atoms with Crippen molar-refractivity contribution < 1.29 is 36.0 Å². The number of methoxy groups -OCH3 is 1. The van der Waals surface area contributed by atoms with Gasteiger partial charge in [0.15, 0.2) is 11.5 Å². The molecule has 1 aromatic carbocycles. The van der Waals surface area contributed by atoms with Gasteiger partial charge < -0.3 is 9.84 Å². The second-order valence-corrected chi connectivity index (χ2v) is 1.67. The Hall–Kier alpha value is -0.297. The number of aromatic hydroxyl groups is 1. The van der Waals surface area contributed by atoms with Crippen molar-refractivity contribution in [3.8, 4) is 11.5 Å². The summed E-state index contributed by atoms with van der Waals surface area (Å²) in [6.07, 6.45) is 0. The summed E-state index contributed by atoms with van der Waals surface area (Å²) in [4.78, 5) is 0. The van der Waals surface area contributed by atoms with E-state index >= 15 is 0 Å². The van der Waals surface area contributed by atoms with Crippen LogP contribution in [0.25, 0.3) is 0 Å². The van der Waals surface area contributed by atoms with E-state index in [1.807, 2.05) is 0 Å². The first-order chi connectivity index (χ1) is 4.34. The number of phenolic OH excluding ortho intramolecular Hbond substituents is 1. The first kappa shape index (κ1) is 9.70. The number of hydrogen-bond acceptors (Lipinski definition) is 2. The van der Waals surface area contributed by atoms with E-state index in [9.17, 15) is 0 Å². The zero-order chi connectivity index (χ0) is 6.69. The van der Waals surface area contributed by atoms with Crippen molar-refractivity contribution in [2.75, 3.05) is 7.11 Å². The molecule has 3 heteroatoms. The van der Waals surface area contributed by atoms with Crippen molar-refractivity contribution >= 4 is 0 Å². The van der Waals surface area contributed by atoms with Crippen molar-refractivity contribution in [3.63, 3.8) is 0 Å². The van der Waals surface area contributed by atoms with Crippen LogP contribution in [0.2, 0.25) is 0 Å². The Bertz CT molecular complexity index is 201. The van der Waals surface area contributed by atoms with Crippen LogP contribution in [-0.2, 0) is 26.2 Å².